The van der Waals surface area contributed by atoms with Gasteiger partial charge in [0.15, 0.2) is 0 Å². The zero-order valence-corrected chi connectivity index (χ0v) is 30.0. The Hall–Kier alpha value is -5.69. The fourth-order valence-electron chi connectivity index (χ4n) is 5.37. The normalized spacial score (nSPS) is 11.3. The molecule has 4 aromatic carbocycles. The van der Waals surface area contributed by atoms with Gasteiger partial charge in [-0.3, -0.25) is 24.0 Å². The molecule has 4 aromatic rings. The van der Waals surface area contributed by atoms with Crippen LogP contribution in [-0.4, -0.2) is 68.5 Å². The Labute approximate surface area is 308 Å². The molecule has 0 saturated carbocycles. The maximum absolute atomic E-state index is 13.6. The smallest absolute Gasteiger partial charge is 0.416 e. The zero-order chi connectivity index (χ0) is 38.9. The van der Waals surface area contributed by atoms with Crippen LogP contribution >= 0.6 is 11.6 Å². The monoisotopic (exact) mass is 752 g/mol. The summed E-state index contributed by atoms with van der Waals surface area (Å²) in [7, 11) is 2.98. The van der Waals surface area contributed by atoms with Crippen molar-refractivity contribution in [3.05, 3.63) is 124 Å². The van der Waals surface area contributed by atoms with Gasteiger partial charge in [0, 0.05) is 24.7 Å². The molecule has 10 nitrogen and oxygen atoms in total. The van der Waals surface area contributed by atoms with Crippen molar-refractivity contribution in [1.29, 1.82) is 0 Å². The summed E-state index contributed by atoms with van der Waals surface area (Å²) in [6.45, 7) is 2.29. The van der Waals surface area contributed by atoms with Gasteiger partial charge in [0.2, 0.25) is 5.41 Å². The lowest BCUT2D eigenvalue weighted by atomic mass is 9.81. The van der Waals surface area contributed by atoms with Crippen molar-refractivity contribution in [1.82, 2.24) is 4.90 Å². The quantitative estimate of drug-likeness (QED) is 0.0869. The summed E-state index contributed by atoms with van der Waals surface area (Å²) in [6.07, 6.45) is -4.95. The molecule has 0 radical (unpaired) electrons. The van der Waals surface area contributed by atoms with Crippen molar-refractivity contribution in [2.75, 3.05) is 39.2 Å². The molecule has 0 fully saturated rings. The third-order valence-corrected chi connectivity index (χ3v) is 8.27. The molecule has 0 aromatic heterocycles. The number of hydrogen-bond donors (Lipinski definition) is 1. The predicted octanol–water partition coefficient (Wildman–Crippen LogP) is 7.13. The average molecular weight is 753 g/mol. The van der Waals surface area contributed by atoms with Crippen LogP contribution in [0.25, 0.3) is 11.1 Å². The van der Waals surface area contributed by atoms with Crippen LogP contribution in [0.1, 0.15) is 51.3 Å². The molecule has 0 spiro atoms. The van der Waals surface area contributed by atoms with Crippen LogP contribution in [0.2, 0.25) is 5.02 Å². The van der Waals surface area contributed by atoms with Crippen LogP contribution in [0.3, 0.4) is 0 Å². The first-order valence-corrected chi connectivity index (χ1v) is 16.7. The Bertz CT molecular complexity index is 1970. The molecule has 0 aliphatic rings. The topological polar surface area (TPSA) is 128 Å². The second kappa shape index (κ2) is 17.2. The minimum atomic E-state index is -4.55. The van der Waals surface area contributed by atoms with Crippen molar-refractivity contribution >= 4 is 47.0 Å². The number of rotatable bonds is 13. The van der Waals surface area contributed by atoms with Gasteiger partial charge in [-0.15, -0.1) is 0 Å². The molecular weight excluding hydrogens is 717 g/mol. The van der Waals surface area contributed by atoms with Crippen LogP contribution < -0.4 is 5.32 Å². The standard InChI is InChI=1S/C39H36ClF3N2O8/c1-5-51-36(49)38(37(50)52-6-2,26-10-8-7-9-11-26)23-53-33(46)21-24-12-19-32(31(20-24)35(48)45(3)4)44-34(47)29-18-17-28(40)22-30(29)25-13-15-27(16-14-25)39(41,42)43/h7-20,22H,5-6,21,23H2,1-4H3,(H,44,47). The Morgan fingerprint density at radius 3 is 1.92 bits per heavy atom. The third kappa shape index (κ3) is 9.41. The summed E-state index contributed by atoms with van der Waals surface area (Å²) in [6, 6.07) is 20.7. The van der Waals surface area contributed by atoms with Gasteiger partial charge in [0.25, 0.3) is 11.8 Å². The number of carbonyl (C=O) groups excluding carboxylic acids is 5. The number of alkyl halides is 3. The van der Waals surface area contributed by atoms with Crippen molar-refractivity contribution < 1.29 is 51.4 Å². The van der Waals surface area contributed by atoms with Gasteiger partial charge in [0.1, 0.15) is 6.61 Å². The van der Waals surface area contributed by atoms with Crippen LogP contribution in [0.15, 0.2) is 91.0 Å². The number of amides is 2. The fourth-order valence-corrected chi connectivity index (χ4v) is 5.54. The molecule has 278 valence electrons. The van der Waals surface area contributed by atoms with Crippen molar-refractivity contribution in [3.8, 4) is 11.1 Å². The Balaban J connectivity index is 1.62. The van der Waals surface area contributed by atoms with E-state index in [1.807, 2.05) is 0 Å². The maximum atomic E-state index is 13.6. The van der Waals surface area contributed by atoms with Crippen molar-refractivity contribution in [2.24, 2.45) is 0 Å². The molecular formula is C39H36ClF3N2O8. The first-order chi connectivity index (χ1) is 25.1. The zero-order valence-electron chi connectivity index (χ0n) is 29.2. The lowest BCUT2D eigenvalue weighted by molar-refractivity contribution is -0.170. The van der Waals surface area contributed by atoms with Crippen molar-refractivity contribution in [3.63, 3.8) is 0 Å². The number of hydrogen-bond acceptors (Lipinski definition) is 8. The first-order valence-electron chi connectivity index (χ1n) is 16.3. The predicted molar refractivity (Wildman–Crippen MR) is 190 cm³/mol. The lowest BCUT2D eigenvalue weighted by Gasteiger charge is -2.29. The van der Waals surface area contributed by atoms with Crippen LogP contribution in [0, 0.1) is 0 Å². The van der Waals surface area contributed by atoms with E-state index in [9.17, 15) is 37.1 Å². The first kappa shape index (κ1) is 40.1. The number of esters is 3. The summed E-state index contributed by atoms with van der Waals surface area (Å²) in [5.74, 6) is -3.98. The maximum Gasteiger partial charge on any atom is 0.416 e. The van der Waals surface area contributed by atoms with E-state index < -0.39 is 59.9 Å². The van der Waals surface area contributed by atoms with E-state index in [-0.39, 0.29) is 46.2 Å². The molecule has 53 heavy (non-hydrogen) atoms. The van der Waals surface area contributed by atoms with E-state index in [2.05, 4.69) is 5.32 Å². The van der Waals surface area contributed by atoms with E-state index in [0.29, 0.717) is 11.1 Å². The Morgan fingerprint density at radius 2 is 1.36 bits per heavy atom. The number of halogens is 4. The summed E-state index contributed by atoms with van der Waals surface area (Å²) in [5.41, 5.74) is -1.77. The number of anilines is 1. The van der Waals surface area contributed by atoms with Crippen LogP contribution in [-0.2, 0) is 46.6 Å². The van der Waals surface area contributed by atoms with Gasteiger partial charge < -0.3 is 24.4 Å². The molecule has 0 aliphatic heterocycles. The number of carbonyl (C=O) groups is 5. The highest BCUT2D eigenvalue weighted by Crippen LogP contribution is 2.34. The molecule has 0 saturated heterocycles. The summed E-state index contributed by atoms with van der Waals surface area (Å²) >= 11 is 6.19. The molecule has 0 unspecified atom stereocenters. The molecule has 0 bridgehead atoms. The van der Waals surface area contributed by atoms with Crippen LogP contribution in [0.4, 0.5) is 18.9 Å². The lowest BCUT2D eigenvalue weighted by Crippen LogP contribution is -2.50. The largest absolute Gasteiger partial charge is 0.465 e. The molecule has 0 heterocycles. The molecule has 4 rings (SSSR count). The minimum Gasteiger partial charge on any atom is -0.465 e. The number of benzene rings is 4. The molecule has 2 amide bonds. The summed E-state index contributed by atoms with van der Waals surface area (Å²) in [5, 5.41) is 2.93. The van der Waals surface area contributed by atoms with E-state index >= 15 is 0 Å². The number of nitrogens with zero attached hydrogens (tertiary/aromatic N) is 1. The molecule has 1 N–H and O–H groups in total. The van der Waals surface area contributed by atoms with Crippen molar-refractivity contribution in [2.45, 2.75) is 31.9 Å². The number of ether oxygens (including phenoxy) is 3. The van der Waals surface area contributed by atoms with E-state index in [4.69, 9.17) is 25.8 Å². The fraction of sp³-hybridized carbons (Fsp3) is 0.256. The van der Waals surface area contributed by atoms with Gasteiger partial charge in [0.05, 0.1) is 36.4 Å². The van der Waals surface area contributed by atoms with Gasteiger partial charge in [-0.25, -0.2) is 0 Å². The van der Waals surface area contributed by atoms with E-state index in [0.717, 1.165) is 12.1 Å². The highest BCUT2D eigenvalue weighted by atomic mass is 35.5. The third-order valence-electron chi connectivity index (χ3n) is 8.03. The second-order valence-electron chi connectivity index (χ2n) is 11.8. The SMILES string of the molecule is CCOC(=O)C(COC(=O)Cc1ccc(NC(=O)c2ccc(Cl)cc2-c2ccc(C(F)(F)F)cc2)c(C(=O)N(C)C)c1)(C(=O)OCC)c1ccccc1. The Morgan fingerprint density at radius 1 is 0.736 bits per heavy atom. The molecule has 0 atom stereocenters. The summed E-state index contributed by atoms with van der Waals surface area (Å²) in [4.78, 5) is 68.0. The Kier molecular flexibility index (Phi) is 13.0. The van der Waals surface area contributed by atoms with Gasteiger partial charge in [-0.1, -0.05) is 60.1 Å². The van der Waals surface area contributed by atoms with E-state index in [1.54, 1.807) is 32.0 Å². The molecule has 14 heteroatoms. The second-order valence-corrected chi connectivity index (χ2v) is 12.3. The van der Waals surface area contributed by atoms with E-state index in [1.165, 1.54) is 79.7 Å². The molecule has 0 aliphatic carbocycles. The van der Waals surface area contributed by atoms with Gasteiger partial charge in [-0.05, 0) is 78.6 Å². The number of nitrogens with one attached hydrogen (secondary N) is 1. The highest BCUT2D eigenvalue weighted by Gasteiger charge is 2.52. The average Bonchev–Trinajstić information content (AvgIpc) is 3.12. The van der Waals surface area contributed by atoms with Gasteiger partial charge >= 0.3 is 24.1 Å². The van der Waals surface area contributed by atoms with Crippen LogP contribution in [0.5, 0.6) is 0 Å². The van der Waals surface area contributed by atoms with Gasteiger partial charge in [-0.2, -0.15) is 13.2 Å². The highest BCUT2D eigenvalue weighted by molar-refractivity contribution is 6.31. The summed E-state index contributed by atoms with van der Waals surface area (Å²) < 4.78 is 55.5. The minimum absolute atomic E-state index is 0.00960.